The summed E-state index contributed by atoms with van der Waals surface area (Å²) in [5, 5.41) is 16.9. The number of nitrogens with one attached hydrogen (secondary N) is 1. The van der Waals surface area contributed by atoms with Gasteiger partial charge in [0, 0.05) is 23.3 Å². The molecule has 1 aromatic rings. The summed E-state index contributed by atoms with van der Waals surface area (Å²) in [6.07, 6.45) is -0.846. The third-order valence-corrected chi connectivity index (χ3v) is 4.34. The summed E-state index contributed by atoms with van der Waals surface area (Å²) in [5.41, 5.74) is -0.304. The van der Waals surface area contributed by atoms with Gasteiger partial charge in [0.05, 0.1) is 0 Å². The molecule has 1 aliphatic heterocycles. The Labute approximate surface area is 120 Å². The van der Waals surface area contributed by atoms with Crippen molar-refractivity contribution in [3.05, 3.63) is 22.4 Å². The Hall–Kier alpha value is -1.89. The van der Waals surface area contributed by atoms with Crippen LogP contribution in [0.15, 0.2) is 22.7 Å². The fourth-order valence-corrected chi connectivity index (χ4v) is 2.67. The van der Waals surface area contributed by atoms with Gasteiger partial charge in [0.25, 0.3) is 5.91 Å². The molecule has 20 heavy (non-hydrogen) atoms. The highest BCUT2D eigenvalue weighted by molar-refractivity contribution is 7.10. The second kappa shape index (κ2) is 5.62. The summed E-state index contributed by atoms with van der Waals surface area (Å²) >= 11 is 1.64. The van der Waals surface area contributed by atoms with E-state index < -0.39 is 12.1 Å². The summed E-state index contributed by atoms with van der Waals surface area (Å²) < 4.78 is 0. The van der Waals surface area contributed by atoms with Crippen molar-refractivity contribution < 1.29 is 19.5 Å². The van der Waals surface area contributed by atoms with E-state index in [1.165, 1.54) is 4.88 Å². The number of carbonyl (C=O) groups excluding carboxylic acids is 1. The maximum atomic E-state index is 11.9. The van der Waals surface area contributed by atoms with Crippen LogP contribution in [-0.4, -0.2) is 35.3 Å². The zero-order valence-corrected chi connectivity index (χ0v) is 12.1. The molecule has 1 unspecified atom stereocenters. The number of carboxylic acids is 1. The average molecular weight is 296 g/mol. The van der Waals surface area contributed by atoms with Crippen molar-refractivity contribution in [3.8, 4) is 0 Å². The standard InChI is InChI=1S/C13H16N2O4S/c1-13(2,10-4-3-5-20-10)7-14-11(16)9-6-8(12(17)18)15-19-9/h3-5,9H,6-7H2,1-2H3,(H,14,16)(H,17,18). The van der Waals surface area contributed by atoms with Gasteiger partial charge in [-0.2, -0.15) is 0 Å². The van der Waals surface area contributed by atoms with Gasteiger partial charge in [-0.3, -0.25) is 4.79 Å². The molecule has 0 bridgehead atoms. The molecule has 0 saturated carbocycles. The molecule has 0 saturated heterocycles. The minimum absolute atomic E-state index is 0.000592. The first-order valence-corrected chi connectivity index (χ1v) is 7.06. The quantitative estimate of drug-likeness (QED) is 0.859. The topological polar surface area (TPSA) is 88.0 Å². The number of hydrogen-bond acceptors (Lipinski definition) is 5. The predicted octanol–water partition coefficient (Wildman–Crippen LogP) is 1.37. The SMILES string of the molecule is CC(C)(CNC(=O)C1CC(C(=O)O)=NO1)c1cccs1. The fraction of sp³-hybridized carbons (Fsp3) is 0.462. The molecule has 2 N–H and O–H groups in total. The minimum Gasteiger partial charge on any atom is -0.477 e. The number of oxime groups is 1. The number of thiophene rings is 1. The monoisotopic (exact) mass is 296 g/mol. The summed E-state index contributed by atoms with van der Waals surface area (Å²) in [6.45, 7) is 4.52. The van der Waals surface area contributed by atoms with E-state index in [0.717, 1.165) is 0 Å². The smallest absolute Gasteiger partial charge is 0.353 e. The van der Waals surface area contributed by atoms with E-state index in [0.29, 0.717) is 6.54 Å². The number of nitrogens with zero attached hydrogens (tertiary/aromatic N) is 1. The first kappa shape index (κ1) is 14.5. The van der Waals surface area contributed by atoms with E-state index in [-0.39, 0.29) is 23.5 Å². The van der Waals surface area contributed by atoms with Crippen molar-refractivity contribution >= 4 is 28.9 Å². The van der Waals surface area contributed by atoms with Crippen LogP contribution in [0.25, 0.3) is 0 Å². The molecule has 108 valence electrons. The number of aliphatic carboxylic acids is 1. The molecule has 1 aliphatic rings. The van der Waals surface area contributed by atoms with Crippen molar-refractivity contribution in [2.24, 2.45) is 5.16 Å². The molecule has 0 aliphatic carbocycles. The van der Waals surface area contributed by atoms with Gasteiger partial charge in [0.2, 0.25) is 6.10 Å². The van der Waals surface area contributed by atoms with Crippen LogP contribution < -0.4 is 5.32 Å². The third kappa shape index (κ3) is 3.16. The van der Waals surface area contributed by atoms with Crippen LogP contribution in [0.2, 0.25) is 0 Å². The maximum Gasteiger partial charge on any atom is 0.353 e. The fourth-order valence-electron chi connectivity index (χ4n) is 1.82. The molecule has 2 heterocycles. The molecule has 1 atom stereocenters. The normalized spacial score (nSPS) is 18.3. The van der Waals surface area contributed by atoms with E-state index >= 15 is 0 Å². The lowest BCUT2D eigenvalue weighted by Crippen LogP contribution is -2.41. The molecular weight excluding hydrogens is 280 g/mol. The number of carboxylic acid groups (broad SMARTS) is 1. The van der Waals surface area contributed by atoms with Gasteiger partial charge < -0.3 is 15.3 Å². The third-order valence-electron chi connectivity index (χ3n) is 3.10. The number of amides is 1. The second-order valence-corrected chi connectivity index (χ2v) is 6.17. The average Bonchev–Trinajstić information content (AvgIpc) is 3.06. The molecule has 1 amide bonds. The second-order valence-electron chi connectivity index (χ2n) is 5.22. The summed E-state index contributed by atoms with van der Waals surface area (Å²) in [6, 6.07) is 3.99. The molecule has 6 nitrogen and oxygen atoms in total. The van der Waals surface area contributed by atoms with Gasteiger partial charge in [0.1, 0.15) is 0 Å². The summed E-state index contributed by atoms with van der Waals surface area (Å²) in [7, 11) is 0. The number of rotatable bonds is 5. The van der Waals surface area contributed by atoms with E-state index in [1.54, 1.807) is 11.3 Å². The van der Waals surface area contributed by atoms with Gasteiger partial charge >= 0.3 is 5.97 Å². The Morgan fingerprint density at radius 3 is 2.90 bits per heavy atom. The molecule has 2 rings (SSSR count). The highest BCUT2D eigenvalue weighted by Gasteiger charge is 2.32. The molecule has 0 radical (unpaired) electrons. The van der Waals surface area contributed by atoms with E-state index in [4.69, 9.17) is 9.94 Å². The molecule has 0 fully saturated rings. The molecule has 7 heteroatoms. The zero-order chi connectivity index (χ0) is 14.8. The van der Waals surface area contributed by atoms with Crippen LogP contribution in [0, 0.1) is 0 Å². The van der Waals surface area contributed by atoms with Gasteiger partial charge in [-0.1, -0.05) is 25.1 Å². The Morgan fingerprint density at radius 1 is 1.60 bits per heavy atom. The van der Waals surface area contributed by atoms with E-state index in [1.807, 2.05) is 31.4 Å². The largest absolute Gasteiger partial charge is 0.477 e. The lowest BCUT2D eigenvalue weighted by molar-refractivity contribution is -0.131. The van der Waals surface area contributed by atoms with Crippen LogP contribution in [-0.2, 0) is 19.8 Å². The van der Waals surface area contributed by atoms with Crippen molar-refractivity contribution in [2.45, 2.75) is 31.8 Å². The Kier molecular flexibility index (Phi) is 4.08. The first-order chi connectivity index (χ1) is 9.40. The van der Waals surface area contributed by atoms with Crippen LogP contribution >= 0.6 is 11.3 Å². The molecule has 1 aromatic heterocycles. The molecule has 0 spiro atoms. The van der Waals surface area contributed by atoms with E-state index in [9.17, 15) is 9.59 Å². The van der Waals surface area contributed by atoms with Crippen molar-refractivity contribution in [2.75, 3.05) is 6.54 Å². The lowest BCUT2D eigenvalue weighted by atomic mass is 9.91. The van der Waals surface area contributed by atoms with Gasteiger partial charge in [-0.05, 0) is 11.4 Å². The highest BCUT2D eigenvalue weighted by atomic mass is 32.1. The van der Waals surface area contributed by atoms with Crippen molar-refractivity contribution in [1.82, 2.24) is 5.32 Å². The van der Waals surface area contributed by atoms with Gasteiger partial charge in [-0.15, -0.1) is 11.3 Å². The van der Waals surface area contributed by atoms with Crippen LogP contribution in [0.3, 0.4) is 0 Å². The van der Waals surface area contributed by atoms with E-state index in [2.05, 4.69) is 10.5 Å². The van der Waals surface area contributed by atoms with Crippen LogP contribution in [0.4, 0.5) is 0 Å². The predicted molar refractivity (Wildman–Crippen MR) is 74.9 cm³/mol. The Morgan fingerprint density at radius 2 is 2.35 bits per heavy atom. The van der Waals surface area contributed by atoms with Crippen LogP contribution in [0.5, 0.6) is 0 Å². The number of carbonyl (C=O) groups is 2. The molecule has 0 aromatic carbocycles. The maximum absolute atomic E-state index is 11.9. The van der Waals surface area contributed by atoms with Crippen LogP contribution in [0.1, 0.15) is 25.1 Å². The Bertz CT molecular complexity index is 537. The summed E-state index contributed by atoms with van der Waals surface area (Å²) in [5.74, 6) is -1.49. The van der Waals surface area contributed by atoms with Crippen molar-refractivity contribution in [3.63, 3.8) is 0 Å². The lowest BCUT2D eigenvalue weighted by Gasteiger charge is -2.24. The Balaban J connectivity index is 1.86. The van der Waals surface area contributed by atoms with Crippen molar-refractivity contribution in [1.29, 1.82) is 0 Å². The highest BCUT2D eigenvalue weighted by Crippen LogP contribution is 2.26. The minimum atomic E-state index is -1.15. The zero-order valence-electron chi connectivity index (χ0n) is 11.3. The summed E-state index contributed by atoms with van der Waals surface area (Å²) in [4.78, 5) is 28.6. The number of hydrogen-bond donors (Lipinski definition) is 2. The molecular formula is C13H16N2O4S. The van der Waals surface area contributed by atoms with Gasteiger partial charge in [0.15, 0.2) is 5.71 Å². The van der Waals surface area contributed by atoms with Gasteiger partial charge in [-0.25, -0.2) is 4.79 Å². The first-order valence-electron chi connectivity index (χ1n) is 6.18.